The van der Waals surface area contributed by atoms with Crippen molar-refractivity contribution in [3.63, 3.8) is 0 Å². The quantitative estimate of drug-likeness (QED) is 0.415. The van der Waals surface area contributed by atoms with Crippen LogP contribution in [0.1, 0.15) is 93.2 Å². The van der Waals surface area contributed by atoms with Crippen LogP contribution < -0.4 is 4.74 Å². The monoisotopic (exact) mass is 364 g/mol. The number of ether oxygens (including phenoxy) is 1. The maximum atomic E-state index is 5.28. The van der Waals surface area contributed by atoms with E-state index in [-0.39, 0.29) is 0 Å². The van der Waals surface area contributed by atoms with E-state index in [1.54, 1.807) is 12.7 Å². The molecule has 27 heavy (non-hydrogen) atoms. The molecule has 146 valence electrons. The van der Waals surface area contributed by atoms with E-state index in [0.29, 0.717) is 0 Å². The molecule has 0 amide bonds. The van der Waals surface area contributed by atoms with E-state index in [1.165, 1.54) is 75.3 Å². The molecule has 0 radical (unpaired) electrons. The topological polar surface area (TPSA) is 9.23 Å². The number of aryl methyl sites for hydroxylation is 1. The molecule has 0 spiro atoms. The molecule has 1 fully saturated rings. The molecule has 2 aromatic carbocycles. The van der Waals surface area contributed by atoms with Crippen molar-refractivity contribution in [1.29, 1.82) is 0 Å². The average molecular weight is 365 g/mol. The van der Waals surface area contributed by atoms with E-state index in [0.717, 1.165) is 17.6 Å². The highest BCUT2D eigenvalue weighted by atomic mass is 16.5. The summed E-state index contributed by atoms with van der Waals surface area (Å²) in [4.78, 5) is 0. The Kier molecular flexibility index (Phi) is 7.80. The first-order valence-electron chi connectivity index (χ1n) is 11.0. The van der Waals surface area contributed by atoms with Crippen molar-refractivity contribution >= 4 is 0 Å². The maximum absolute atomic E-state index is 5.28. The van der Waals surface area contributed by atoms with Crippen LogP contribution in [0.3, 0.4) is 0 Å². The Morgan fingerprint density at radius 1 is 0.704 bits per heavy atom. The highest BCUT2D eigenvalue weighted by Gasteiger charge is 2.23. The van der Waals surface area contributed by atoms with Crippen LogP contribution in [-0.2, 0) is 6.42 Å². The predicted molar refractivity (Wildman–Crippen MR) is 116 cm³/mol. The lowest BCUT2D eigenvalue weighted by atomic mass is 9.76. The van der Waals surface area contributed by atoms with E-state index in [1.807, 2.05) is 0 Å². The van der Waals surface area contributed by atoms with E-state index < -0.39 is 0 Å². The Hall–Kier alpha value is -1.76. The second-order valence-corrected chi connectivity index (χ2v) is 8.23. The van der Waals surface area contributed by atoms with Crippen LogP contribution in [0.4, 0.5) is 0 Å². The molecule has 0 saturated heterocycles. The molecule has 1 aliphatic rings. The second kappa shape index (κ2) is 10.5. The van der Waals surface area contributed by atoms with E-state index in [9.17, 15) is 0 Å². The smallest absolute Gasteiger partial charge is 0.118 e. The summed E-state index contributed by atoms with van der Waals surface area (Å²) in [6, 6.07) is 18.3. The summed E-state index contributed by atoms with van der Waals surface area (Å²) in [6.45, 7) is 2.28. The van der Waals surface area contributed by atoms with Gasteiger partial charge in [-0.05, 0) is 79.2 Å². The van der Waals surface area contributed by atoms with Crippen molar-refractivity contribution in [2.24, 2.45) is 0 Å². The van der Waals surface area contributed by atoms with Crippen molar-refractivity contribution in [1.82, 2.24) is 0 Å². The van der Waals surface area contributed by atoms with Crippen LogP contribution in [0.2, 0.25) is 0 Å². The van der Waals surface area contributed by atoms with Gasteiger partial charge in [-0.2, -0.15) is 0 Å². The number of unbranched alkanes of at least 4 members (excludes halogenated alkanes) is 4. The first-order valence-corrected chi connectivity index (χ1v) is 11.0. The van der Waals surface area contributed by atoms with Gasteiger partial charge in [0.25, 0.3) is 0 Å². The fraction of sp³-hybridized carbons (Fsp3) is 0.538. The summed E-state index contributed by atoms with van der Waals surface area (Å²) in [5, 5.41) is 0. The number of methoxy groups -OCH3 is 1. The molecule has 0 aliphatic heterocycles. The molecule has 0 heterocycles. The lowest BCUT2D eigenvalue weighted by Gasteiger charge is -2.29. The van der Waals surface area contributed by atoms with Crippen LogP contribution in [0.25, 0.3) is 0 Å². The van der Waals surface area contributed by atoms with Gasteiger partial charge in [-0.1, -0.05) is 69.0 Å². The lowest BCUT2D eigenvalue weighted by molar-refractivity contribution is 0.394. The third kappa shape index (κ3) is 5.86. The Balaban J connectivity index is 1.46. The number of hydrogen-bond donors (Lipinski definition) is 0. The van der Waals surface area contributed by atoms with Crippen molar-refractivity contribution < 1.29 is 4.74 Å². The van der Waals surface area contributed by atoms with E-state index in [4.69, 9.17) is 4.74 Å². The Morgan fingerprint density at radius 3 is 1.74 bits per heavy atom. The second-order valence-electron chi connectivity index (χ2n) is 8.23. The van der Waals surface area contributed by atoms with Crippen molar-refractivity contribution in [2.75, 3.05) is 7.11 Å². The van der Waals surface area contributed by atoms with Crippen LogP contribution >= 0.6 is 0 Å². The van der Waals surface area contributed by atoms with Crippen molar-refractivity contribution in [2.45, 2.75) is 83.0 Å². The fourth-order valence-corrected chi connectivity index (χ4v) is 4.53. The van der Waals surface area contributed by atoms with Gasteiger partial charge in [-0.3, -0.25) is 0 Å². The van der Waals surface area contributed by atoms with Crippen LogP contribution in [-0.4, -0.2) is 7.11 Å². The van der Waals surface area contributed by atoms with Crippen LogP contribution in [0.15, 0.2) is 48.5 Å². The van der Waals surface area contributed by atoms with Gasteiger partial charge in [-0.25, -0.2) is 0 Å². The molecule has 1 aliphatic carbocycles. The van der Waals surface area contributed by atoms with Gasteiger partial charge >= 0.3 is 0 Å². The summed E-state index contributed by atoms with van der Waals surface area (Å²) in [7, 11) is 1.73. The number of hydrogen-bond acceptors (Lipinski definition) is 1. The Labute approximate surface area is 166 Å². The molecule has 1 nitrogen and oxygen atoms in total. The summed E-state index contributed by atoms with van der Waals surface area (Å²) < 4.78 is 5.28. The minimum Gasteiger partial charge on any atom is -0.497 e. The molecule has 1 saturated carbocycles. The summed E-state index contributed by atoms with van der Waals surface area (Å²) in [5.74, 6) is 2.42. The minimum absolute atomic E-state index is 0.717. The Bertz CT molecular complexity index is 648. The molecule has 0 bridgehead atoms. The van der Waals surface area contributed by atoms with Gasteiger partial charge < -0.3 is 4.74 Å². The SMILES string of the molecule is CCCCCCCc1ccc(C2CCC(c3ccc(OC)cc3)CC2)cc1. The molecular weight excluding hydrogens is 328 g/mol. The molecule has 3 rings (SSSR count). The zero-order valence-corrected chi connectivity index (χ0v) is 17.3. The number of rotatable bonds is 9. The van der Waals surface area contributed by atoms with Crippen molar-refractivity contribution in [3.05, 3.63) is 65.2 Å². The fourth-order valence-electron chi connectivity index (χ4n) is 4.53. The highest BCUT2D eigenvalue weighted by molar-refractivity contribution is 5.31. The van der Waals surface area contributed by atoms with Gasteiger partial charge in [0, 0.05) is 0 Å². The molecule has 0 atom stereocenters. The standard InChI is InChI=1S/C26H36O/c1-3-4-5-6-7-8-21-9-11-22(12-10-21)23-13-15-24(16-14-23)25-17-19-26(27-2)20-18-25/h9-12,17-20,23-24H,3-8,13-16H2,1-2H3. The van der Waals surface area contributed by atoms with Crippen LogP contribution in [0.5, 0.6) is 5.75 Å². The molecule has 0 aromatic heterocycles. The van der Waals surface area contributed by atoms with E-state index in [2.05, 4.69) is 55.5 Å². The average Bonchev–Trinajstić information content (AvgIpc) is 2.74. The third-order valence-corrected chi connectivity index (χ3v) is 6.33. The first kappa shape index (κ1) is 20.0. The van der Waals surface area contributed by atoms with Gasteiger partial charge in [-0.15, -0.1) is 0 Å². The molecular formula is C26H36O. The zero-order valence-electron chi connectivity index (χ0n) is 17.3. The zero-order chi connectivity index (χ0) is 18.9. The van der Waals surface area contributed by atoms with Gasteiger partial charge in [0.1, 0.15) is 5.75 Å². The molecule has 1 heteroatoms. The molecule has 2 aromatic rings. The van der Waals surface area contributed by atoms with Gasteiger partial charge in [0.05, 0.1) is 7.11 Å². The van der Waals surface area contributed by atoms with Gasteiger partial charge in [0.2, 0.25) is 0 Å². The third-order valence-electron chi connectivity index (χ3n) is 6.33. The van der Waals surface area contributed by atoms with Gasteiger partial charge in [0.15, 0.2) is 0 Å². The normalized spacial score (nSPS) is 19.8. The first-order chi connectivity index (χ1) is 13.3. The summed E-state index contributed by atoms with van der Waals surface area (Å²) in [6.07, 6.45) is 13.3. The Morgan fingerprint density at radius 2 is 1.22 bits per heavy atom. The van der Waals surface area contributed by atoms with Crippen molar-refractivity contribution in [3.8, 4) is 5.75 Å². The minimum atomic E-state index is 0.717. The van der Waals surface area contributed by atoms with E-state index >= 15 is 0 Å². The lowest BCUT2D eigenvalue weighted by Crippen LogP contribution is -2.12. The van der Waals surface area contributed by atoms with Crippen LogP contribution in [0, 0.1) is 0 Å². The summed E-state index contributed by atoms with van der Waals surface area (Å²) >= 11 is 0. The number of benzene rings is 2. The largest absolute Gasteiger partial charge is 0.497 e. The molecule has 0 unspecified atom stereocenters. The maximum Gasteiger partial charge on any atom is 0.118 e. The highest BCUT2D eigenvalue weighted by Crippen LogP contribution is 2.40. The predicted octanol–water partition coefficient (Wildman–Crippen LogP) is 7.65. The summed E-state index contributed by atoms with van der Waals surface area (Å²) in [5.41, 5.74) is 4.55. The molecule has 0 N–H and O–H groups in total.